The van der Waals surface area contributed by atoms with Crippen molar-refractivity contribution in [1.29, 1.82) is 0 Å². The molecule has 0 spiro atoms. The molecule has 0 aliphatic heterocycles. The highest BCUT2D eigenvalue weighted by molar-refractivity contribution is 6.34. The molecule has 104 valence electrons. The molecule has 0 fully saturated rings. The minimum Gasteiger partial charge on any atom is -0.398 e. The summed E-state index contributed by atoms with van der Waals surface area (Å²) in [6, 6.07) is 4.96. The molecule has 0 aromatic heterocycles. The maximum atomic E-state index is 11.9. The van der Waals surface area contributed by atoms with E-state index in [-0.39, 0.29) is 36.4 Å². The van der Waals surface area contributed by atoms with Crippen LogP contribution in [0.5, 0.6) is 0 Å². The summed E-state index contributed by atoms with van der Waals surface area (Å²) in [7, 11) is 0. The largest absolute Gasteiger partial charge is 0.398 e. The molecule has 0 radical (unpaired) electrons. The predicted octanol–water partition coefficient (Wildman–Crippen LogP) is 1.57. The average Bonchev–Trinajstić information content (AvgIpc) is 2.27. The molecule has 0 aliphatic carbocycles. The van der Waals surface area contributed by atoms with Gasteiger partial charge in [0, 0.05) is 24.7 Å². The zero-order chi connectivity index (χ0) is 14.4. The first-order chi connectivity index (χ1) is 8.91. The third-order valence-corrected chi connectivity index (χ3v) is 2.68. The van der Waals surface area contributed by atoms with E-state index in [2.05, 4.69) is 10.6 Å². The quantitative estimate of drug-likeness (QED) is 0.717. The fraction of sp³-hybridized carbons (Fsp3) is 0.385. The van der Waals surface area contributed by atoms with Crippen LogP contribution < -0.4 is 16.4 Å². The Balaban J connectivity index is 2.50. The van der Waals surface area contributed by atoms with Crippen molar-refractivity contribution in [2.24, 2.45) is 0 Å². The standard InChI is InChI=1S/C13H18ClN3O2/c1-8(2)17-11(18)6-7-16-13(19)12-9(14)4-3-5-10(12)15/h3-5,8H,6-7,15H2,1-2H3,(H,16,19)(H,17,18). The lowest BCUT2D eigenvalue weighted by Gasteiger charge is -2.10. The number of halogens is 1. The lowest BCUT2D eigenvalue weighted by atomic mass is 10.1. The average molecular weight is 284 g/mol. The summed E-state index contributed by atoms with van der Waals surface area (Å²) in [6.45, 7) is 3.99. The van der Waals surface area contributed by atoms with Crippen molar-refractivity contribution in [1.82, 2.24) is 10.6 Å². The van der Waals surface area contributed by atoms with Gasteiger partial charge in [0.05, 0.1) is 10.6 Å². The van der Waals surface area contributed by atoms with Gasteiger partial charge in [0.25, 0.3) is 5.91 Å². The third kappa shape index (κ3) is 4.79. The van der Waals surface area contributed by atoms with Gasteiger partial charge in [-0.2, -0.15) is 0 Å². The molecule has 4 N–H and O–H groups in total. The van der Waals surface area contributed by atoms with Crippen molar-refractivity contribution in [2.45, 2.75) is 26.3 Å². The van der Waals surface area contributed by atoms with Gasteiger partial charge in [0.2, 0.25) is 5.91 Å². The maximum Gasteiger partial charge on any atom is 0.254 e. The van der Waals surface area contributed by atoms with Crippen LogP contribution in [0.4, 0.5) is 5.69 Å². The number of carbonyl (C=O) groups is 2. The molecule has 0 saturated carbocycles. The Bertz CT molecular complexity index is 455. The van der Waals surface area contributed by atoms with Crippen LogP contribution in [0.1, 0.15) is 30.6 Å². The molecule has 0 saturated heterocycles. The van der Waals surface area contributed by atoms with Crippen LogP contribution in [0.15, 0.2) is 18.2 Å². The highest BCUT2D eigenvalue weighted by Gasteiger charge is 2.13. The normalized spacial score (nSPS) is 10.3. The lowest BCUT2D eigenvalue weighted by molar-refractivity contribution is -0.121. The van der Waals surface area contributed by atoms with E-state index in [4.69, 9.17) is 17.3 Å². The second kappa shape index (κ2) is 6.99. The van der Waals surface area contributed by atoms with Crippen LogP contribution in [0.3, 0.4) is 0 Å². The van der Waals surface area contributed by atoms with E-state index >= 15 is 0 Å². The number of nitrogens with one attached hydrogen (secondary N) is 2. The van der Waals surface area contributed by atoms with E-state index in [0.717, 1.165) is 0 Å². The number of rotatable bonds is 5. The van der Waals surface area contributed by atoms with Gasteiger partial charge in [-0.05, 0) is 26.0 Å². The molecule has 6 heteroatoms. The number of nitrogen functional groups attached to an aromatic ring is 1. The van der Waals surface area contributed by atoms with Gasteiger partial charge in [-0.1, -0.05) is 17.7 Å². The summed E-state index contributed by atoms with van der Waals surface area (Å²) in [6.07, 6.45) is 0.217. The Hall–Kier alpha value is -1.75. The molecule has 19 heavy (non-hydrogen) atoms. The number of amides is 2. The van der Waals surface area contributed by atoms with Gasteiger partial charge in [0.15, 0.2) is 0 Å². The summed E-state index contributed by atoms with van der Waals surface area (Å²) in [4.78, 5) is 23.3. The van der Waals surface area contributed by atoms with E-state index < -0.39 is 0 Å². The van der Waals surface area contributed by atoms with E-state index in [1.54, 1.807) is 18.2 Å². The molecular formula is C13H18ClN3O2. The van der Waals surface area contributed by atoms with Crippen molar-refractivity contribution in [3.63, 3.8) is 0 Å². The Kier molecular flexibility index (Phi) is 5.63. The molecule has 1 aromatic carbocycles. The van der Waals surface area contributed by atoms with Gasteiger partial charge in [0.1, 0.15) is 0 Å². The van der Waals surface area contributed by atoms with Crippen molar-refractivity contribution in [3.05, 3.63) is 28.8 Å². The molecule has 0 bridgehead atoms. The van der Waals surface area contributed by atoms with Crippen LogP contribution in [0.2, 0.25) is 5.02 Å². The zero-order valence-corrected chi connectivity index (χ0v) is 11.8. The molecule has 0 aliphatic rings. The monoisotopic (exact) mass is 283 g/mol. The van der Waals surface area contributed by atoms with Crippen molar-refractivity contribution >= 4 is 29.1 Å². The fourth-order valence-corrected chi connectivity index (χ4v) is 1.82. The summed E-state index contributed by atoms with van der Waals surface area (Å²) in [5, 5.41) is 5.65. The Morgan fingerprint density at radius 3 is 2.63 bits per heavy atom. The number of hydrogen-bond acceptors (Lipinski definition) is 3. The smallest absolute Gasteiger partial charge is 0.254 e. The van der Waals surface area contributed by atoms with Crippen LogP contribution >= 0.6 is 11.6 Å². The molecule has 0 unspecified atom stereocenters. The Morgan fingerprint density at radius 1 is 1.37 bits per heavy atom. The molecule has 1 rings (SSSR count). The first kappa shape index (κ1) is 15.3. The van der Waals surface area contributed by atoms with E-state index in [1.165, 1.54) is 0 Å². The number of benzene rings is 1. The maximum absolute atomic E-state index is 11.9. The fourth-order valence-electron chi connectivity index (χ4n) is 1.55. The minimum absolute atomic E-state index is 0.0856. The van der Waals surface area contributed by atoms with Gasteiger partial charge in [-0.15, -0.1) is 0 Å². The number of anilines is 1. The van der Waals surface area contributed by atoms with Gasteiger partial charge in [-0.3, -0.25) is 9.59 Å². The van der Waals surface area contributed by atoms with Gasteiger partial charge < -0.3 is 16.4 Å². The van der Waals surface area contributed by atoms with Crippen molar-refractivity contribution in [2.75, 3.05) is 12.3 Å². The zero-order valence-electron chi connectivity index (χ0n) is 11.0. The van der Waals surface area contributed by atoms with Crippen molar-refractivity contribution < 1.29 is 9.59 Å². The number of carbonyl (C=O) groups excluding carboxylic acids is 2. The van der Waals surface area contributed by atoms with Crippen LogP contribution in [0, 0.1) is 0 Å². The minimum atomic E-state index is -0.375. The van der Waals surface area contributed by atoms with E-state index in [0.29, 0.717) is 10.7 Å². The van der Waals surface area contributed by atoms with Gasteiger partial charge in [-0.25, -0.2) is 0 Å². The Labute approximate surface area is 117 Å². The molecule has 0 heterocycles. The molecular weight excluding hydrogens is 266 g/mol. The highest BCUT2D eigenvalue weighted by Crippen LogP contribution is 2.21. The van der Waals surface area contributed by atoms with Crippen LogP contribution in [-0.4, -0.2) is 24.4 Å². The van der Waals surface area contributed by atoms with Crippen LogP contribution in [-0.2, 0) is 4.79 Å². The van der Waals surface area contributed by atoms with E-state index in [9.17, 15) is 9.59 Å². The SMILES string of the molecule is CC(C)NC(=O)CCNC(=O)c1c(N)cccc1Cl. The highest BCUT2D eigenvalue weighted by atomic mass is 35.5. The molecule has 2 amide bonds. The van der Waals surface area contributed by atoms with Gasteiger partial charge >= 0.3 is 0 Å². The second-order valence-corrected chi connectivity index (χ2v) is 4.84. The second-order valence-electron chi connectivity index (χ2n) is 4.43. The first-order valence-electron chi connectivity index (χ1n) is 6.03. The van der Waals surface area contributed by atoms with E-state index in [1.807, 2.05) is 13.8 Å². The summed E-state index contributed by atoms with van der Waals surface area (Å²) < 4.78 is 0. The third-order valence-electron chi connectivity index (χ3n) is 2.36. The van der Waals surface area contributed by atoms with Crippen molar-refractivity contribution in [3.8, 4) is 0 Å². The summed E-state index contributed by atoms with van der Waals surface area (Å²) >= 11 is 5.91. The molecule has 5 nitrogen and oxygen atoms in total. The number of nitrogens with two attached hydrogens (primary N) is 1. The first-order valence-corrected chi connectivity index (χ1v) is 6.41. The molecule has 1 aromatic rings. The topological polar surface area (TPSA) is 84.2 Å². The summed E-state index contributed by atoms with van der Waals surface area (Å²) in [5.74, 6) is -0.483. The number of hydrogen-bond donors (Lipinski definition) is 3. The predicted molar refractivity (Wildman–Crippen MR) is 76.1 cm³/mol. The molecule has 0 atom stereocenters. The lowest BCUT2D eigenvalue weighted by Crippen LogP contribution is -2.34. The summed E-state index contributed by atoms with van der Waals surface area (Å²) in [5.41, 5.74) is 6.26. The van der Waals surface area contributed by atoms with Crippen LogP contribution in [0.25, 0.3) is 0 Å². The Morgan fingerprint density at radius 2 is 2.05 bits per heavy atom.